The molecular weight excluding hydrogens is 556 g/mol. The second-order valence-electron chi connectivity index (χ2n) is 10.9. The van der Waals surface area contributed by atoms with Gasteiger partial charge in [0.1, 0.15) is 12.1 Å². The van der Waals surface area contributed by atoms with Crippen LogP contribution < -0.4 is 0 Å². The fraction of sp³-hybridized carbons (Fsp3) is 0.484. The Balaban J connectivity index is 1.82. The van der Waals surface area contributed by atoms with Gasteiger partial charge in [0.15, 0.2) is 0 Å². The van der Waals surface area contributed by atoms with Crippen molar-refractivity contribution in [2.45, 2.75) is 45.6 Å². The van der Waals surface area contributed by atoms with Gasteiger partial charge in [0.2, 0.25) is 23.6 Å². The van der Waals surface area contributed by atoms with Crippen LogP contribution in [0.25, 0.3) is 0 Å². The van der Waals surface area contributed by atoms with Gasteiger partial charge in [-0.25, -0.2) is 19.5 Å². The average Bonchev–Trinajstić information content (AvgIpc) is 3.41. The minimum atomic E-state index is -1.54. The van der Waals surface area contributed by atoms with Crippen molar-refractivity contribution in [1.82, 2.24) is 14.7 Å². The summed E-state index contributed by atoms with van der Waals surface area (Å²) in [7, 11) is 2.69. The number of amides is 4. The molecule has 4 atom stereocenters. The topological polar surface area (TPSA) is 135 Å². The molecule has 0 aromatic heterocycles. The molecule has 0 spiro atoms. The number of carbonyl (C=O) groups excluding carboxylic acids is 5. The maximum Gasteiger partial charge on any atom is 0.424 e. The largest absolute Gasteiger partial charge is 0.468 e. The van der Waals surface area contributed by atoms with Crippen LogP contribution in [0.2, 0.25) is 0 Å². The number of methoxy groups -OCH3 is 1. The minimum Gasteiger partial charge on any atom is -0.468 e. The lowest BCUT2D eigenvalue weighted by molar-refractivity contribution is -0.140. The molecule has 228 valence electrons. The van der Waals surface area contributed by atoms with Crippen molar-refractivity contribution in [3.8, 4) is 0 Å². The number of allylic oxidation sites excluding steroid dienone is 2. The number of benzene rings is 1. The number of nitrogens with zero attached hydrogens (tertiary/aromatic N) is 4. The Labute approximate surface area is 249 Å². The normalized spacial score (nSPS) is 27.0. The zero-order valence-electron chi connectivity index (χ0n) is 25.0. The highest BCUT2D eigenvalue weighted by Crippen LogP contribution is 2.57. The van der Waals surface area contributed by atoms with Crippen LogP contribution >= 0.6 is 0 Å². The molecule has 2 saturated heterocycles. The van der Waals surface area contributed by atoms with E-state index in [1.165, 1.54) is 24.0 Å². The zero-order chi connectivity index (χ0) is 31.1. The Kier molecular flexibility index (Phi) is 8.13. The van der Waals surface area contributed by atoms with Crippen LogP contribution in [0.5, 0.6) is 0 Å². The van der Waals surface area contributed by atoms with Gasteiger partial charge in [-0.2, -0.15) is 0 Å². The van der Waals surface area contributed by atoms with Crippen molar-refractivity contribution in [2.24, 2.45) is 22.7 Å². The quantitative estimate of drug-likeness (QED) is 0.255. The molecule has 0 radical (unpaired) electrons. The van der Waals surface area contributed by atoms with Crippen LogP contribution in [0, 0.1) is 17.8 Å². The minimum absolute atomic E-state index is 0.00493. The first-order valence-electron chi connectivity index (χ1n) is 14.5. The molecule has 1 aliphatic carbocycles. The summed E-state index contributed by atoms with van der Waals surface area (Å²) in [6, 6.07) is 9.27. The van der Waals surface area contributed by atoms with E-state index in [0.717, 1.165) is 10.5 Å². The molecule has 4 amide bonds. The average molecular weight is 593 g/mol. The summed E-state index contributed by atoms with van der Waals surface area (Å²) in [6.45, 7) is 5.83. The Bertz CT molecular complexity index is 1450. The van der Waals surface area contributed by atoms with E-state index < -0.39 is 48.0 Å². The lowest BCUT2D eigenvalue weighted by atomic mass is 9.59. The van der Waals surface area contributed by atoms with Gasteiger partial charge >= 0.3 is 18.2 Å². The number of hydrogen-bond donors (Lipinski definition) is 0. The second kappa shape index (κ2) is 11.7. The number of likely N-dealkylation sites (tertiary alicyclic amines) is 1. The summed E-state index contributed by atoms with van der Waals surface area (Å²) in [6.07, 6.45) is 1.16. The highest BCUT2D eigenvalue weighted by molar-refractivity contribution is 6.09. The van der Waals surface area contributed by atoms with Gasteiger partial charge in [-0.3, -0.25) is 19.3 Å². The number of fused-ring (bicyclic) bond motifs is 5. The summed E-state index contributed by atoms with van der Waals surface area (Å²) in [5.41, 5.74) is 0.491. The number of imide groups is 1. The fourth-order valence-corrected chi connectivity index (χ4v) is 6.87. The fourth-order valence-electron chi connectivity index (χ4n) is 6.87. The van der Waals surface area contributed by atoms with Crippen LogP contribution in [0.1, 0.15) is 39.2 Å². The predicted molar refractivity (Wildman–Crippen MR) is 153 cm³/mol. The molecule has 12 nitrogen and oxygen atoms in total. The van der Waals surface area contributed by atoms with E-state index in [2.05, 4.69) is 4.99 Å². The molecule has 12 heteroatoms. The third kappa shape index (κ3) is 4.68. The summed E-state index contributed by atoms with van der Waals surface area (Å²) in [4.78, 5) is 75.0. The lowest BCUT2D eigenvalue weighted by Crippen LogP contribution is -2.63. The smallest absolute Gasteiger partial charge is 0.424 e. The van der Waals surface area contributed by atoms with Gasteiger partial charge in [-0.1, -0.05) is 43.3 Å². The van der Waals surface area contributed by atoms with E-state index in [1.807, 2.05) is 57.2 Å². The molecule has 0 bridgehead atoms. The van der Waals surface area contributed by atoms with Gasteiger partial charge < -0.3 is 19.1 Å². The van der Waals surface area contributed by atoms with Gasteiger partial charge in [0.25, 0.3) is 0 Å². The molecule has 3 unspecified atom stereocenters. The van der Waals surface area contributed by atoms with Crippen molar-refractivity contribution in [3.05, 3.63) is 59.0 Å². The summed E-state index contributed by atoms with van der Waals surface area (Å²) in [5, 5.41) is 0. The molecule has 1 aromatic carbocycles. The highest BCUT2D eigenvalue weighted by Gasteiger charge is 2.69. The molecule has 3 heterocycles. The number of rotatable bonds is 8. The van der Waals surface area contributed by atoms with E-state index in [4.69, 9.17) is 14.2 Å². The summed E-state index contributed by atoms with van der Waals surface area (Å²) >= 11 is 0. The maximum atomic E-state index is 14.0. The van der Waals surface area contributed by atoms with Crippen LogP contribution in [-0.4, -0.2) is 89.9 Å². The van der Waals surface area contributed by atoms with E-state index in [1.54, 1.807) is 0 Å². The first-order chi connectivity index (χ1) is 20.6. The van der Waals surface area contributed by atoms with Crippen molar-refractivity contribution in [3.63, 3.8) is 0 Å². The number of aliphatic imine (C=N–C) groups is 1. The molecular formula is C31H36N4O8. The predicted octanol–water partition coefficient (Wildman–Crippen LogP) is 3.28. The van der Waals surface area contributed by atoms with Crippen LogP contribution in [0.15, 0.2) is 58.4 Å². The highest BCUT2D eigenvalue weighted by atomic mass is 16.6. The first kappa shape index (κ1) is 30.0. The third-order valence-corrected chi connectivity index (χ3v) is 8.90. The molecule has 5 rings (SSSR count). The molecule has 43 heavy (non-hydrogen) atoms. The molecule has 2 fully saturated rings. The summed E-state index contributed by atoms with van der Waals surface area (Å²) in [5.74, 6) is -3.73. The van der Waals surface area contributed by atoms with Crippen molar-refractivity contribution >= 4 is 35.9 Å². The van der Waals surface area contributed by atoms with Gasteiger partial charge in [0.05, 0.1) is 18.9 Å². The molecule has 3 aliphatic heterocycles. The molecule has 0 saturated carbocycles. The standard InChI is InChI=1S/C31H36N4O8/c1-6-19-20-14-15-21-23(26(38)33(4)25(21)37)24(20)31(16-18-12-10-9-11-13-18)28(32-17-22(36)41-5)43-30(40)35(31)27(19)42-29(39)34(7-2)8-3/h9-14,21,23-24H,6-8,15-17H2,1-5H3/t21?,23?,24?,31-/m0/s1. The Morgan fingerprint density at radius 1 is 1.09 bits per heavy atom. The van der Waals surface area contributed by atoms with Crippen molar-refractivity contribution < 1.29 is 38.2 Å². The monoisotopic (exact) mass is 592 g/mol. The number of esters is 1. The van der Waals surface area contributed by atoms with Crippen LogP contribution in [0.3, 0.4) is 0 Å². The van der Waals surface area contributed by atoms with E-state index in [9.17, 15) is 24.0 Å². The van der Waals surface area contributed by atoms with Crippen molar-refractivity contribution in [1.29, 1.82) is 0 Å². The van der Waals surface area contributed by atoms with E-state index >= 15 is 0 Å². The van der Waals surface area contributed by atoms with Crippen LogP contribution in [-0.2, 0) is 35.0 Å². The van der Waals surface area contributed by atoms with E-state index in [-0.39, 0.29) is 30.0 Å². The number of cyclic esters (lactones) is 1. The Hall–Kier alpha value is -4.48. The lowest BCUT2D eigenvalue weighted by Gasteiger charge is -2.50. The van der Waals surface area contributed by atoms with Gasteiger partial charge in [-0.05, 0) is 37.8 Å². The molecule has 4 aliphatic rings. The maximum absolute atomic E-state index is 14.0. The van der Waals surface area contributed by atoms with Crippen molar-refractivity contribution in [2.75, 3.05) is 33.8 Å². The number of ether oxygens (including phenoxy) is 3. The molecule has 1 aromatic rings. The SMILES string of the molecule is CCC1=C(OC(=O)N(CC)CC)N2C(=O)OC(=NCC(=O)OC)[C@]2(Cc2ccccc2)C2C1=CCC1C(=O)N(C)C(=O)C12. The Morgan fingerprint density at radius 3 is 2.42 bits per heavy atom. The third-order valence-electron chi connectivity index (χ3n) is 8.90. The number of hydrogen-bond acceptors (Lipinski definition) is 9. The number of carbonyl (C=O) groups is 5. The Morgan fingerprint density at radius 2 is 1.79 bits per heavy atom. The second-order valence-corrected chi connectivity index (χ2v) is 10.9. The summed E-state index contributed by atoms with van der Waals surface area (Å²) < 4.78 is 16.7. The van der Waals surface area contributed by atoms with E-state index in [0.29, 0.717) is 37.1 Å². The van der Waals surface area contributed by atoms with Gasteiger partial charge in [-0.15, -0.1) is 0 Å². The zero-order valence-corrected chi connectivity index (χ0v) is 25.0. The van der Waals surface area contributed by atoms with Crippen LogP contribution in [0.4, 0.5) is 9.59 Å². The first-order valence-corrected chi connectivity index (χ1v) is 14.5. The van der Waals surface area contributed by atoms with Gasteiger partial charge in [0, 0.05) is 38.0 Å². The molecule has 0 N–H and O–H groups in total.